The summed E-state index contributed by atoms with van der Waals surface area (Å²) < 4.78 is 5.50. The van der Waals surface area contributed by atoms with E-state index in [1.165, 1.54) is 0 Å². The molecule has 3 nitrogen and oxygen atoms in total. The van der Waals surface area contributed by atoms with E-state index in [9.17, 15) is 9.59 Å². The standard InChI is InChI=1S/C15H33Cl3O3S2Si2/c1-2-14(7-5-11-23)13-25(19,20)21-9-8-15(6-3-4-10-22)12-24(16,17)18/h14-15,19-20,22-23H,2-13H2,1H3. The van der Waals surface area contributed by atoms with Gasteiger partial charge in [0.05, 0.1) is 0 Å². The minimum absolute atomic E-state index is 0.245. The molecule has 0 aromatic rings. The zero-order valence-corrected chi connectivity index (χ0v) is 21.0. The normalized spacial score (nSPS) is 15.4. The molecule has 152 valence electrons. The van der Waals surface area contributed by atoms with E-state index in [1.54, 1.807) is 0 Å². The van der Waals surface area contributed by atoms with Crippen molar-refractivity contribution in [2.24, 2.45) is 11.8 Å². The van der Waals surface area contributed by atoms with E-state index in [1.807, 2.05) is 0 Å². The number of unbranched alkanes of at least 4 members (excludes halogenated alkanes) is 1. The maximum atomic E-state index is 10.2. The van der Waals surface area contributed by atoms with Crippen LogP contribution >= 0.6 is 58.5 Å². The van der Waals surface area contributed by atoms with Crippen LogP contribution in [0, 0.1) is 11.8 Å². The lowest BCUT2D eigenvalue weighted by Crippen LogP contribution is -2.41. The summed E-state index contributed by atoms with van der Waals surface area (Å²) in [4.78, 5) is 20.5. The maximum Gasteiger partial charge on any atom is 0.495 e. The molecule has 10 heteroatoms. The average Bonchev–Trinajstić information content (AvgIpc) is 2.49. The molecule has 2 N–H and O–H groups in total. The van der Waals surface area contributed by atoms with Gasteiger partial charge in [0, 0.05) is 12.7 Å². The summed E-state index contributed by atoms with van der Waals surface area (Å²) in [7, 11) is -3.63. The third-order valence-corrected chi connectivity index (χ3v) is 9.14. The van der Waals surface area contributed by atoms with Gasteiger partial charge >= 0.3 is 14.8 Å². The van der Waals surface area contributed by atoms with Crippen molar-refractivity contribution in [3.63, 3.8) is 0 Å². The Hall–Kier alpha value is 1.88. The van der Waals surface area contributed by atoms with Gasteiger partial charge in [0.1, 0.15) is 0 Å². The van der Waals surface area contributed by atoms with Gasteiger partial charge in [-0.1, -0.05) is 26.2 Å². The van der Waals surface area contributed by atoms with Gasteiger partial charge in [-0.05, 0) is 55.1 Å². The Morgan fingerprint density at radius 3 is 2.00 bits per heavy atom. The highest BCUT2D eigenvalue weighted by Gasteiger charge is 2.36. The monoisotopic (exact) mass is 486 g/mol. The largest absolute Gasteiger partial charge is 0.495 e. The number of hydrogen-bond acceptors (Lipinski definition) is 5. The summed E-state index contributed by atoms with van der Waals surface area (Å²) in [5.74, 6) is 2.18. The molecule has 0 bridgehead atoms. The number of rotatable bonds is 16. The van der Waals surface area contributed by atoms with Gasteiger partial charge in [0.15, 0.2) is 0 Å². The van der Waals surface area contributed by atoms with Crippen LogP contribution < -0.4 is 0 Å². The molecule has 25 heavy (non-hydrogen) atoms. The third kappa shape index (κ3) is 16.5. The summed E-state index contributed by atoms with van der Waals surface area (Å²) in [6.07, 6.45) is 6.55. The Balaban J connectivity index is 4.36. The molecule has 0 aliphatic carbocycles. The molecular weight excluding hydrogens is 455 g/mol. The Kier molecular flexibility index (Phi) is 15.9. The van der Waals surface area contributed by atoms with Crippen molar-refractivity contribution >= 4 is 73.3 Å². The second-order valence-electron chi connectivity index (χ2n) is 6.63. The molecule has 2 unspecified atom stereocenters. The molecule has 0 fully saturated rings. The maximum absolute atomic E-state index is 10.2. The summed E-state index contributed by atoms with van der Waals surface area (Å²) in [6, 6.07) is -1.77. The molecular formula is C15H33Cl3O3S2Si2. The predicted molar refractivity (Wildman–Crippen MR) is 122 cm³/mol. The molecule has 0 amide bonds. The highest BCUT2D eigenvalue weighted by molar-refractivity contribution is 7.80. The lowest BCUT2D eigenvalue weighted by Gasteiger charge is -2.25. The van der Waals surface area contributed by atoms with Crippen LogP contribution in [-0.4, -0.2) is 42.5 Å². The molecule has 0 rings (SSSR count). The second-order valence-corrected chi connectivity index (χ2v) is 18.9. The van der Waals surface area contributed by atoms with Gasteiger partial charge in [-0.25, -0.2) is 0 Å². The van der Waals surface area contributed by atoms with Gasteiger partial charge in [0.25, 0.3) is 0 Å². The van der Waals surface area contributed by atoms with Crippen molar-refractivity contribution in [2.45, 2.75) is 64.0 Å². The van der Waals surface area contributed by atoms with E-state index in [0.717, 1.165) is 50.0 Å². The lowest BCUT2D eigenvalue weighted by atomic mass is 10.0. The van der Waals surface area contributed by atoms with Crippen molar-refractivity contribution in [1.82, 2.24) is 0 Å². The van der Waals surface area contributed by atoms with Crippen LogP contribution in [0.15, 0.2) is 0 Å². The fourth-order valence-corrected chi connectivity index (χ4v) is 8.12. The van der Waals surface area contributed by atoms with Crippen LogP contribution in [0.2, 0.25) is 12.1 Å². The fourth-order valence-electron chi connectivity index (χ4n) is 2.88. The Bertz CT molecular complexity index is 338. The first-order valence-electron chi connectivity index (χ1n) is 9.00. The van der Waals surface area contributed by atoms with Crippen molar-refractivity contribution < 1.29 is 14.0 Å². The zero-order chi connectivity index (χ0) is 19.3. The Morgan fingerprint density at radius 1 is 0.880 bits per heavy atom. The van der Waals surface area contributed by atoms with Gasteiger partial charge in [0.2, 0.25) is 0 Å². The molecule has 0 spiro atoms. The quantitative estimate of drug-likeness (QED) is 0.102. The Morgan fingerprint density at radius 2 is 1.48 bits per heavy atom. The highest BCUT2D eigenvalue weighted by atomic mass is 35.8. The average molecular weight is 488 g/mol. The number of halogens is 3. The summed E-state index contributed by atoms with van der Waals surface area (Å²) in [5.41, 5.74) is 0. The van der Waals surface area contributed by atoms with E-state index >= 15 is 0 Å². The molecule has 0 aromatic heterocycles. The van der Waals surface area contributed by atoms with E-state index in [-0.39, 0.29) is 11.8 Å². The second kappa shape index (κ2) is 14.8. The molecule has 0 aliphatic rings. The molecule has 0 saturated carbocycles. The molecule has 0 radical (unpaired) electrons. The Labute approximate surface area is 180 Å². The van der Waals surface area contributed by atoms with E-state index in [0.29, 0.717) is 25.1 Å². The van der Waals surface area contributed by atoms with Crippen LogP contribution in [0.4, 0.5) is 0 Å². The van der Waals surface area contributed by atoms with E-state index < -0.39 is 14.8 Å². The fraction of sp³-hybridized carbons (Fsp3) is 1.00. The van der Waals surface area contributed by atoms with Crippen LogP contribution in [0.25, 0.3) is 0 Å². The topological polar surface area (TPSA) is 49.7 Å². The van der Waals surface area contributed by atoms with Gasteiger partial charge < -0.3 is 14.0 Å². The first-order valence-corrected chi connectivity index (χ1v) is 17.5. The molecule has 0 aromatic carbocycles. The highest BCUT2D eigenvalue weighted by Crippen LogP contribution is 2.33. The lowest BCUT2D eigenvalue weighted by molar-refractivity contribution is 0.131. The van der Waals surface area contributed by atoms with E-state index in [2.05, 4.69) is 32.2 Å². The first-order chi connectivity index (χ1) is 11.6. The zero-order valence-electron chi connectivity index (χ0n) is 15.0. The molecule has 0 aliphatic heterocycles. The third-order valence-electron chi connectivity index (χ3n) is 4.30. The predicted octanol–water partition coefficient (Wildman–Crippen LogP) is 5.42. The van der Waals surface area contributed by atoms with Crippen molar-refractivity contribution in [3.8, 4) is 0 Å². The summed E-state index contributed by atoms with van der Waals surface area (Å²) in [5, 5.41) is 0. The van der Waals surface area contributed by atoms with Gasteiger partial charge in [-0.3, -0.25) is 0 Å². The van der Waals surface area contributed by atoms with Crippen molar-refractivity contribution in [1.29, 1.82) is 0 Å². The van der Waals surface area contributed by atoms with Gasteiger partial charge in [-0.2, -0.15) is 25.3 Å². The SMILES string of the molecule is CCC(CCCS)C[Si](O)(O)OCCC(CCCCS)C[Si](Cl)(Cl)Cl. The van der Waals surface area contributed by atoms with Crippen LogP contribution in [0.5, 0.6) is 0 Å². The van der Waals surface area contributed by atoms with Crippen LogP contribution in [0.3, 0.4) is 0 Å². The summed E-state index contributed by atoms with van der Waals surface area (Å²) >= 11 is 26.6. The van der Waals surface area contributed by atoms with Gasteiger partial charge in [-0.15, -0.1) is 33.2 Å². The van der Waals surface area contributed by atoms with Crippen molar-refractivity contribution in [3.05, 3.63) is 0 Å². The number of hydrogen-bond donors (Lipinski definition) is 4. The first kappa shape index (κ1) is 26.9. The van der Waals surface area contributed by atoms with Crippen LogP contribution in [-0.2, 0) is 4.43 Å². The molecule has 0 heterocycles. The number of thiol groups is 2. The smallest absolute Gasteiger partial charge is 0.390 e. The van der Waals surface area contributed by atoms with Crippen molar-refractivity contribution in [2.75, 3.05) is 18.1 Å². The minimum Gasteiger partial charge on any atom is -0.390 e. The minimum atomic E-state index is -3.63. The molecule has 0 saturated heterocycles. The molecule has 2 atom stereocenters. The van der Waals surface area contributed by atoms with Crippen LogP contribution in [0.1, 0.15) is 51.9 Å². The summed E-state index contributed by atoms with van der Waals surface area (Å²) in [6.45, 7) is 2.37. The van der Waals surface area contributed by atoms with E-state index in [4.69, 9.17) is 37.7 Å².